The lowest BCUT2D eigenvalue weighted by Gasteiger charge is -2.32. The SMILES string of the molecule is CCCCOC[C@@H](NC(=O)[C@@H](C)N(C)C(=O)[C@H](C)N(C)C(=O)OC(C)(C)C)C(=O)OC. The fourth-order valence-corrected chi connectivity index (χ4v) is 2.37. The zero-order valence-electron chi connectivity index (χ0n) is 20.3. The van der Waals surface area contributed by atoms with Crippen LogP contribution < -0.4 is 5.32 Å². The molecule has 0 radical (unpaired) electrons. The molecular weight excluding hydrogens is 406 g/mol. The van der Waals surface area contributed by atoms with Crippen molar-refractivity contribution in [3.05, 3.63) is 0 Å². The standard InChI is InChI=1S/C21H39N3O7/c1-10-11-12-30-13-16(19(27)29-9)22-17(25)14(2)23(7)18(26)15(3)24(8)20(28)31-21(4,5)6/h14-16H,10-13H2,1-9H3,(H,22,25)/t14-,15+,16-/m1/s1. The number of nitrogens with zero attached hydrogens (tertiary/aromatic N) is 2. The Hall–Kier alpha value is -2.36. The molecule has 0 spiro atoms. The number of ether oxygens (including phenoxy) is 3. The first-order valence-corrected chi connectivity index (χ1v) is 10.4. The summed E-state index contributed by atoms with van der Waals surface area (Å²) in [5, 5.41) is 2.56. The van der Waals surface area contributed by atoms with Gasteiger partial charge in [-0.05, 0) is 41.0 Å². The van der Waals surface area contributed by atoms with E-state index in [1.807, 2.05) is 6.92 Å². The minimum Gasteiger partial charge on any atom is -0.467 e. The molecule has 10 heteroatoms. The van der Waals surface area contributed by atoms with Gasteiger partial charge in [0.15, 0.2) is 6.04 Å². The Morgan fingerprint density at radius 2 is 1.58 bits per heavy atom. The molecule has 10 nitrogen and oxygen atoms in total. The maximum atomic E-state index is 12.8. The van der Waals surface area contributed by atoms with Crippen LogP contribution in [0.3, 0.4) is 0 Å². The molecule has 0 rings (SSSR count). The van der Waals surface area contributed by atoms with E-state index >= 15 is 0 Å². The Labute approximate surface area is 185 Å². The molecule has 3 atom stereocenters. The second-order valence-electron chi connectivity index (χ2n) is 8.41. The molecule has 1 N–H and O–H groups in total. The molecule has 0 aromatic rings. The van der Waals surface area contributed by atoms with E-state index in [0.29, 0.717) is 6.61 Å². The van der Waals surface area contributed by atoms with E-state index in [1.165, 1.54) is 37.9 Å². The van der Waals surface area contributed by atoms with Gasteiger partial charge in [-0.25, -0.2) is 9.59 Å². The van der Waals surface area contributed by atoms with Crippen molar-refractivity contribution in [2.24, 2.45) is 0 Å². The number of methoxy groups -OCH3 is 1. The van der Waals surface area contributed by atoms with Crippen LogP contribution in [0.1, 0.15) is 54.4 Å². The van der Waals surface area contributed by atoms with Gasteiger partial charge >= 0.3 is 12.1 Å². The van der Waals surface area contributed by atoms with Crippen LogP contribution in [-0.2, 0) is 28.6 Å². The van der Waals surface area contributed by atoms with E-state index in [9.17, 15) is 19.2 Å². The number of esters is 1. The zero-order valence-corrected chi connectivity index (χ0v) is 20.3. The Morgan fingerprint density at radius 1 is 1.00 bits per heavy atom. The number of nitrogens with one attached hydrogen (secondary N) is 1. The highest BCUT2D eigenvalue weighted by atomic mass is 16.6. The van der Waals surface area contributed by atoms with Crippen molar-refractivity contribution in [3.63, 3.8) is 0 Å². The first-order valence-electron chi connectivity index (χ1n) is 10.4. The van der Waals surface area contributed by atoms with E-state index < -0.39 is 47.6 Å². The topological polar surface area (TPSA) is 114 Å². The summed E-state index contributed by atoms with van der Waals surface area (Å²) in [5.74, 6) is -1.63. The maximum absolute atomic E-state index is 12.8. The van der Waals surface area contributed by atoms with Crippen molar-refractivity contribution < 1.29 is 33.4 Å². The van der Waals surface area contributed by atoms with Crippen LogP contribution in [0.4, 0.5) is 4.79 Å². The van der Waals surface area contributed by atoms with E-state index in [-0.39, 0.29) is 6.61 Å². The third kappa shape index (κ3) is 9.99. The molecule has 0 saturated carbocycles. The molecule has 3 amide bonds. The van der Waals surface area contributed by atoms with Crippen LogP contribution in [0, 0.1) is 0 Å². The number of carbonyl (C=O) groups excluding carboxylic acids is 4. The highest BCUT2D eigenvalue weighted by Crippen LogP contribution is 2.12. The zero-order chi connectivity index (χ0) is 24.4. The Balaban J connectivity index is 5.04. The molecule has 31 heavy (non-hydrogen) atoms. The van der Waals surface area contributed by atoms with Crippen LogP contribution in [0.5, 0.6) is 0 Å². The Kier molecular flexibility index (Phi) is 12.1. The van der Waals surface area contributed by atoms with Gasteiger partial charge in [0.1, 0.15) is 17.7 Å². The highest BCUT2D eigenvalue weighted by Gasteiger charge is 2.33. The highest BCUT2D eigenvalue weighted by molar-refractivity contribution is 5.92. The van der Waals surface area contributed by atoms with E-state index in [4.69, 9.17) is 14.2 Å². The molecule has 0 aromatic carbocycles. The van der Waals surface area contributed by atoms with Crippen LogP contribution in [0.2, 0.25) is 0 Å². The normalized spacial score (nSPS) is 14.1. The van der Waals surface area contributed by atoms with Gasteiger partial charge < -0.3 is 24.4 Å². The van der Waals surface area contributed by atoms with E-state index in [1.54, 1.807) is 27.7 Å². The fraction of sp³-hybridized carbons (Fsp3) is 0.810. The lowest BCUT2D eigenvalue weighted by atomic mass is 10.2. The number of unbranched alkanes of at least 4 members (excludes halogenated alkanes) is 1. The molecule has 0 fully saturated rings. The van der Waals surface area contributed by atoms with Gasteiger partial charge in [0.05, 0.1) is 13.7 Å². The van der Waals surface area contributed by atoms with Gasteiger partial charge in [-0.1, -0.05) is 13.3 Å². The summed E-state index contributed by atoms with van der Waals surface area (Å²) in [6, 6.07) is -2.74. The summed E-state index contributed by atoms with van der Waals surface area (Å²) in [7, 11) is 4.13. The van der Waals surface area contributed by atoms with E-state index in [2.05, 4.69) is 5.32 Å². The molecule has 0 bridgehead atoms. The number of carbonyl (C=O) groups is 4. The van der Waals surface area contributed by atoms with Gasteiger partial charge in [0, 0.05) is 20.7 Å². The number of amides is 3. The third-order valence-corrected chi connectivity index (χ3v) is 4.66. The monoisotopic (exact) mass is 445 g/mol. The Morgan fingerprint density at radius 3 is 2.06 bits per heavy atom. The summed E-state index contributed by atoms with van der Waals surface area (Å²) in [6.45, 7) is 10.7. The first-order chi connectivity index (χ1) is 14.3. The molecular formula is C21H39N3O7. The molecule has 180 valence electrons. The number of likely N-dealkylation sites (N-methyl/N-ethyl adjacent to an activating group) is 2. The summed E-state index contributed by atoms with van der Waals surface area (Å²) in [5.41, 5.74) is -0.699. The summed E-state index contributed by atoms with van der Waals surface area (Å²) >= 11 is 0. The van der Waals surface area contributed by atoms with Gasteiger partial charge in [-0.15, -0.1) is 0 Å². The molecule has 0 unspecified atom stereocenters. The van der Waals surface area contributed by atoms with E-state index in [0.717, 1.165) is 12.8 Å². The average Bonchev–Trinajstić information content (AvgIpc) is 2.70. The van der Waals surface area contributed by atoms with Crippen molar-refractivity contribution in [2.75, 3.05) is 34.4 Å². The van der Waals surface area contributed by atoms with Crippen molar-refractivity contribution in [3.8, 4) is 0 Å². The molecule has 0 aliphatic heterocycles. The van der Waals surface area contributed by atoms with Gasteiger partial charge in [-0.3, -0.25) is 14.5 Å². The quantitative estimate of drug-likeness (QED) is 0.379. The molecule has 0 aromatic heterocycles. The van der Waals surface area contributed by atoms with Crippen LogP contribution in [0.25, 0.3) is 0 Å². The largest absolute Gasteiger partial charge is 0.467 e. The number of hydrogen-bond acceptors (Lipinski definition) is 7. The minimum atomic E-state index is -0.984. The Bertz CT molecular complexity index is 619. The third-order valence-electron chi connectivity index (χ3n) is 4.66. The fourth-order valence-electron chi connectivity index (χ4n) is 2.37. The van der Waals surface area contributed by atoms with Crippen LogP contribution >= 0.6 is 0 Å². The maximum Gasteiger partial charge on any atom is 0.410 e. The first kappa shape index (κ1) is 28.6. The predicted octanol–water partition coefficient (Wildman–Crippen LogP) is 1.56. The van der Waals surface area contributed by atoms with Crippen molar-refractivity contribution in [1.29, 1.82) is 0 Å². The smallest absolute Gasteiger partial charge is 0.410 e. The number of hydrogen-bond donors (Lipinski definition) is 1. The lowest BCUT2D eigenvalue weighted by Crippen LogP contribution is -2.55. The van der Waals surface area contributed by atoms with Crippen LogP contribution in [-0.4, -0.2) is 91.8 Å². The van der Waals surface area contributed by atoms with Crippen molar-refractivity contribution in [2.45, 2.75) is 78.1 Å². The lowest BCUT2D eigenvalue weighted by molar-refractivity contribution is -0.148. The van der Waals surface area contributed by atoms with Crippen molar-refractivity contribution >= 4 is 23.9 Å². The second-order valence-corrected chi connectivity index (χ2v) is 8.41. The van der Waals surface area contributed by atoms with Gasteiger partial charge in [0.2, 0.25) is 11.8 Å². The second kappa shape index (κ2) is 13.1. The molecule has 0 aliphatic carbocycles. The molecule has 0 heterocycles. The van der Waals surface area contributed by atoms with Crippen LogP contribution in [0.15, 0.2) is 0 Å². The summed E-state index contributed by atoms with van der Waals surface area (Å²) in [6.07, 6.45) is 1.13. The number of rotatable bonds is 11. The van der Waals surface area contributed by atoms with Gasteiger partial charge in [0.25, 0.3) is 0 Å². The summed E-state index contributed by atoms with van der Waals surface area (Å²) in [4.78, 5) is 52.0. The molecule has 0 aliphatic rings. The summed E-state index contributed by atoms with van der Waals surface area (Å²) < 4.78 is 15.4. The van der Waals surface area contributed by atoms with Gasteiger partial charge in [-0.2, -0.15) is 0 Å². The van der Waals surface area contributed by atoms with Crippen molar-refractivity contribution in [1.82, 2.24) is 15.1 Å². The average molecular weight is 446 g/mol. The predicted molar refractivity (Wildman–Crippen MR) is 115 cm³/mol. The minimum absolute atomic E-state index is 0.0272. The molecule has 0 saturated heterocycles.